The predicted molar refractivity (Wildman–Crippen MR) is 114 cm³/mol. The molecular weight excluding hydrogens is 386 g/mol. The minimum absolute atomic E-state index is 0.131. The third kappa shape index (κ3) is 4.27. The fourth-order valence-electron chi connectivity index (χ4n) is 3.82. The van der Waals surface area contributed by atoms with E-state index in [4.69, 9.17) is 9.47 Å². The number of hydrogen-bond acceptors (Lipinski definition) is 5. The van der Waals surface area contributed by atoms with E-state index in [9.17, 15) is 9.59 Å². The molecule has 2 amide bonds. The van der Waals surface area contributed by atoms with E-state index in [2.05, 4.69) is 32.9 Å². The van der Waals surface area contributed by atoms with Crippen molar-refractivity contribution in [3.8, 4) is 11.5 Å². The summed E-state index contributed by atoms with van der Waals surface area (Å²) in [7, 11) is 0. The first-order chi connectivity index (χ1) is 13.8. The molecule has 29 heavy (non-hydrogen) atoms. The lowest BCUT2D eigenvalue weighted by Crippen LogP contribution is -2.42. The van der Waals surface area contributed by atoms with Gasteiger partial charge in [-0.2, -0.15) is 0 Å². The molecule has 0 N–H and O–H groups in total. The van der Waals surface area contributed by atoms with Gasteiger partial charge in [0.25, 0.3) is 5.24 Å². The fraction of sp³-hybridized carbons (Fsp3) is 0.391. The Hall–Kier alpha value is -2.47. The standard InChI is InChI=1S/C23H25NO4S/c1-15-10-16(2)19-8-9-23(3,28-20(19)11-15)14-27-18-6-4-17(5-7-18)12-24-21(25)13-29-22(24)26/h4-7,10-11H,8-9,12-14H2,1-3H3. The summed E-state index contributed by atoms with van der Waals surface area (Å²) in [5.74, 6) is 1.82. The molecule has 0 saturated carbocycles. The van der Waals surface area contributed by atoms with Gasteiger partial charge in [-0.15, -0.1) is 0 Å². The smallest absolute Gasteiger partial charge is 0.289 e. The van der Waals surface area contributed by atoms with Crippen LogP contribution in [0.15, 0.2) is 36.4 Å². The summed E-state index contributed by atoms with van der Waals surface area (Å²) in [4.78, 5) is 24.8. The van der Waals surface area contributed by atoms with Gasteiger partial charge in [0.1, 0.15) is 23.7 Å². The number of carbonyl (C=O) groups is 2. The van der Waals surface area contributed by atoms with Gasteiger partial charge in [0.05, 0.1) is 12.3 Å². The molecule has 0 aliphatic carbocycles. The SMILES string of the molecule is Cc1cc(C)c2c(c1)OC(C)(COc1ccc(CN3C(=O)CSC3=O)cc1)CC2. The second kappa shape index (κ2) is 7.75. The summed E-state index contributed by atoms with van der Waals surface area (Å²) >= 11 is 1.06. The number of fused-ring (bicyclic) bond motifs is 1. The molecule has 2 aromatic rings. The van der Waals surface area contributed by atoms with Crippen LogP contribution in [0.4, 0.5) is 4.79 Å². The van der Waals surface area contributed by atoms with Crippen LogP contribution in [0, 0.1) is 13.8 Å². The molecule has 5 nitrogen and oxygen atoms in total. The number of rotatable bonds is 5. The zero-order valence-electron chi connectivity index (χ0n) is 17.0. The lowest BCUT2D eigenvalue weighted by Gasteiger charge is -2.36. The van der Waals surface area contributed by atoms with Crippen LogP contribution in [0.2, 0.25) is 0 Å². The van der Waals surface area contributed by atoms with Crippen molar-refractivity contribution in [2.75, 3.05) is 12.4 Å². The van der Waals surface area contributed by atoms with Crippen LogP contribution in [0.3, 0.4) is 0 Å². The molecule has 152 valence electrons. The molecule has 2 aliphatic heterocycles. The third-order valence-electron chi connectivity index (χ3n) is 5.49. The first-order valence-corrected chi connectivity index (χ1v) is 10.8. The van der Waals surface area contributed by atoms with Crippen LogP contribution in [0.1, 0.15) is 35.6 Å². The van der Waals surface area contributed by atoms with E-state index in [1.807, 2.05) is 24.3 Å². The molecule has 2 aromatic carbocycles. The summed E-state index contributed by atoms with van der Waals surface area (Å²) in [6.45, 7) is 7.07. The first-order valence-electron chi connectivity index (χ1n) is 9.81. The number of thioether (sulfide) groups is 1. The van der Waals surface area contributed by atoms with Gasteiger partial charge in [0, 0.05) is 0 Å². The van der Waals surface area contributed by atoms with E-state index >= 15 is 0 Å². The maximum Gasteiger partial charge on any atom is 0.289 e. The molecule has 0 bridgehead atoms. The van der Waals surface area contributed by atoms with Crippen molar-refractivity contribution in [3.05, 3.63) is 58.7 Å². The molecule has 0 radical (unpaired) electrons. The number of imide groups is 1. The Kier molecular flexibility index (Phi) is 5.30. The summed E-state index contributed by atoms with van der Waals surface area (Å²) < 4.78 is 12.3. The average molecular weight is 412 g/mol. The molecule has 1 atom stereocenters. The largest absolute Gasteiger partial charge is 0.489 e. The molecule has 1 saturated heterocycles. The molecule has 2 heterocycles. The quantitative estimate of drug-likeness (QED) is 0.716. The van der Waals surface area contributed by atoms with Crippen LogP contribution in [0.25, 0.3) is 0 Å². The fourth-order valence-corrected chi connectivity index (χ4v) is 4.55. The Morgan fingerprint density at radius 2 is 1.93 bits per heavy atom. The number of hydrogen-bond donors (Lipinski definition) is 0. The van der Waals surface area contributed by atoms with E-state index in [0.29, 0.717) is 13.2 Å². The van der Waals surface area contributed by atoms with E-state index in [0.717, 1.165) is 41.7 Å². The predicted octanol–water partition coefficient (Wildman–Crippen LogP) is 4.66. The summed E-state index contributed by atoms with van der Waals surface area (Å²) in [5, 5.41) is -0.177. The Morgan fingerprint density at radius 3 is 2.62 bits per heavy atom. The monoisotopic (exact) mass is 411 g/mol. The molecule has 1 unspecified atom stereocenters. The van der Waals surface area contributed by atoms with Gasteiger partial charge < -0.3 is 9.47 Å². The minimum Gasteiger partial charge on any atom is -0.489 e. The normalized spacial score (nSPS) is 21.1. The first kappa shape index (κ1) is 19.8. The third-order valence-corrected chi connectivity index (χ3v) is 6.34. The van der Waals surface area contributed by atoms with Gasteiger partial charge >= 0.3 is 0 Å². The second-order valence-corrected chi connectivity index (χ2v) is 9.00. The average Bonchev–Trinajstić information content (AvgIpc) is 2.99. The second-order valence-electron chi connectivity index (χ2n) is 8.08. The van der Waals surface area contributed by atoms with Crippen molar-refractivity contribution in [1.82, 2.24) is 4.90 Å². The lowest BCUT2D eigenvalue weighted by molar-refractivity contribution is -0.125. The van der Waals surface area contributed by atoms with Crippen molar-refractivity contribution in [2.45, 2.75) is 45.8 Å². The number of nitrogens with zero attached hydrogens (tertiary/aromatic N) is 1. The molecule has 0 aromatic heterocycles. The van der Waals surface area contributed by atoms with Crippen LogP contribution >= 0.6 is 11.8 Å². The van der Waals surface area contributed by atoms with Crippen LogP contribution < -0.4 is 9.47 Å². The van der Waals surface area contributed by atoms with Crippen LogP contribution in [-0.2, 0) is 17.8 Å². The maximum absolute atomic E-state index is 11.7. The molecule has 2 aliphatic rings. The molecule has 1 fully saturated rings. The van der Waals surface area contributed by atoms with Crippen molar-refractivity contribution in [2.24, 2.45) is 0 Å². The Morgan fingerprint density at radius 1 is 1.17 bits per heavy atom. The van der Waals surface area contributed by atoms with E-state index < -0.39 is 0 Å². The van der Waals surface area contributed by atoms with Gasteiger partial charge in [-0.25, -0.2) is 0 Å². The van der Waals surface area contributed by atoms with Crippen LogP contribution in [-0.4, -0.2) is 34.0 Å². The van der Waals surface area contributed by atoms with Gasteiger partial charge in [-0.3, -0.25) is 14.5 Å². The Bertz CT molecular complexity index is 940. The molecular formula is C23H25NO4S. The number of aryl methyl sites for hydroxylation is 2. The Balaban J connectivity index is 1.37. The highest BCUT2D eigenvalue weighted by Gasteiger charge is 2.33. The maximum atomic E-state index is 11.7. The van der Waals surface area contributed by atoms with Gasteiger partial charge in [0.2, 0.25) is 5.91 Å². The van der Waals surface area contributed by atoms with Crippen molar-refractivity contribution in [1.29, 1.82) is 0 Å². The Labute approximate surface area is 175 Å². The number of ether oxygens (including phenoxy) is 2. The minimum atomic E-state index is -0.377. The van der Waals surface area contributed by atoms with Crippen molar-refractivity contribution < 1.29 is 19.1 Å². The summed E-state index contributed by atoms with van der Waals surface area (Å²) in [6, 6.07) is 11.8. The van der Waals surface area contributed by atoms with E-state index in [-0.39, 0.29) is 22.5 Å². The number of benzene rings is 2. The molecule has 6 heteroatoms. The van der Waals surface area contributed by atoms with Gasteiger partial charge in [-0.1, -0.05) is 30.0 Å². The summed E-state index contributed by atoms with van der Waals surface area (Å²) in [6.07, 6.45) is 1.88. The van der Waals surface area contributed by atoms with Crippen molar-refractivity contribution >= 4 is 22.9 Å². The zero-order chi connectivity index (χ0) is 20.6. The number of amides is 2. The highest BCUT2D eigenvalue weighted by Crippen LogP contribution is 2.36. The highest BCUT2D eigenvalue weighted by molar-refractivity contribution is 8.14. The molecule has 4 rings (SSSR count). The van der Waals surface area contributed by atoms with E-state index in [1.165, 1.54) is 21.6 Å². The molecule has 0 spiro atoms. The number of carbonyl (C=O) groups excluding carboxylic acids is 2. The van der Waals surface area contributed by atoms with Crippen molar-refractivity contribution in [3.63, 3.8) is 0 Å². The highest BCUT2D eigenvalue weighted by atomic mass is 32.2. The summed E-state index contributed by atoms with van der Waals surface area (Å²) in [5.41, 5.74) is 4.31. The lowest BCUT2D eigenvalue weighted by atomic mass is 9.90. The van der Waals surface area contributed by atoms with Gasteiger partial charge in [-0.05, 0) is 74.1 Å². The van der Waals surface area contributed by atoms with E-state index in [1.54, 1.807) is 0 Å². The topological polar surface area (TPSA) is 55.8 Å². The van der Waals surface area contributed by atoms with Crippen LogP contribution in [0.5, 0.6) is 11.5 Å². The zero-order valence-corrected chi connectivity index (χ0v) is 17.8. The van der Waals surface area contributed by atoms with Gasteiger partial charge in [0.15, 0.2) is 0 Å².